The molecule has 2 saturated heterocycles. The molecule has 2 fully saturated rings. The molecular formula is C26H28F3N7O4S. The summed E-state index contributed by atoms with van der Waals surface area (Å²) in [6.07, 6.45) is -0.499. The van der Waals surface area contributed by atoms with E-state index in [1.807, 2.05) is 0 Å². The van der Waals surface area contributed by atoms with Crippen molar-refractivity contribution in [3.8, 4) is 5.88 Å². The maximum absolute atomic E-state index is 12.5. The number of aromatic nitrogens is 5. The van der Waals surface area contributed by atoms with Gasteiger partial charge in [-0.25, -0.2) is 4.98 Å². The third kappa shape index (κ3) is 8.39. The molecule has 3 aromatic heterocycles. The molecule has 11 nitrogen and oxygen atoms in total. The van der Waals surface area contributed by atoms with Crippen LogP contribution in [0.3, 0.4) is 0 Å². The summed E-state index contributed by atoms with van der Waals surface area (Å²) < 4.78 is 46.7. The second-order valence-electron chi connectivity index (χ2n) is 9.89. The Labute approximate surface area is 237 Å². The topological polar surface area (TPSA) is 132 Å². The maximum atomic E-state index is 12.5. The first kappa shape index (κ1) is 28.8. The summed E-state index contributed by atoms with van der Waals surface area (Å²) >= 11 is 1.47. The summed E-state index contributed by atoms with van der Waals surface area (Å²) in [5, 5.41) is 21.0. The highest BCUT2D eigenvalue weighted by atomic mass is 32.1. The smallest absolute Gasteiger partial charge is 0.388 e. The van der Waals surface area contributed by atoms with Gasteiger partial charge in [-0.2, -0.15) is 0 Å². The molecule has 2 unspecified atom stereocenters. The van der Waals surface area contributed by atoms with E-state index in [0.29, 0.717) is 23.8 Å². The van der Waals surface area contributed by atoms with Crippen LogP contribution < -0.4 is 15.0 Å². The fourth-order valence-electron chi connectivity index (χ4n) is 4.78. The number of hydrogen-bond donors (Lipinski definition) is 1. The summed E-state index contributed by atoms with van der Waals surface area (Å²) in [6.45, 7) is 2.13. The molecule has 1 amide bonds. The Morgan fingerprint density at radius 3 is 2.71 bits per heavy atom. The molecule has 0 saturated carbocycles. The van der Waals surface area contributed by atoms with E-state index in [9.17, 15) is 22.8 Å². The van der Waals surface area contributed by atoms with Crippen LogP contribution in [0.15, 0.2) is 30.3 Å². The molecule has 2 aliphatic heterocycles. The molecule has 1 N–H and O–H groups in total. The number of nitrogens with one attached hydrogen (secondary N) is 1. The number of anilines is 2. The third-order valence-electron chi connectivity index (χ3n) is 6.68. The van der Waals surface area contributed by atoms with Crippen LogP contribution >= 0.6 is 11.3 Å². The molecule has 0 radical (unpaired) electrons. The van der Waals surface area contributed by atoms with Crippen molar-refractivity contribution in [2.75, 3.05) is 29.9 Å². The number of carbonyl (C=O) groups excluding carboxylic acids is 2. The van der Waals surface area contributed by atoms with Crippen molar-refractivity contribution in [3.05, 3.63) is 46.0 Å². The number of hydrogen-bond acceptors (Lipinski definition) is 11. The van der Waals surface area contributed by atoms with Gasteiger partial charge in [0.15, 0.2) is 11.6 Å². The Morgan fingerprint density at radius 1 is 1.07 bits per heavy atom. The van der Waals surface area contributed by atoms with E-state index in [4.69, 9.17) is 4.74 Å². The van der Waals surface area contributed by atoms with Crippen molar-refractivity contribution in [1.29, 1.82) is 0 Å². The van der Waals surface area contributed by atoms with Gasteiger partial charge in [0.2, 0.25) is 11.8 Å². The second-order valence-corrected chi connectivity index (χ2v) is 11.0. The van der Waals surface area contributed by atoms with E-state index in [-0.39, 0.29) is 42.2 Å². The molecule has 15 heteroatoms. The predicted octanol–water partition coefficient (Wildman–Crippen LogP) is 3.87. The fourth-order valence-corrected chi connectivity index (χ4v) is 5.78. The van der Waals surface area contributed by atoms with E-state index in [1.165, 1.54) is 23.5 Å². The van der Waals surface area contributed by atoms with Crippen molar-refractivity contribution in [1.82, 2.24) is 25.4 Å². The monoisotopic (exact) mass is 591 g/mol. The molecule has 0 aliphatic carbocycles. The Balaban J connectivity index is 1.09. The lowest BCUT2D eigenvalue weighted by Crippen LogP contribution is -2.23. The van der Waals surface area contributed by atoms with E-state index in [1.54, 1.807) is 12.1 Å². The number of carbonyl (C=O) groups is 2. The molecule has 5 rings (SSSR count). The largest absolute Gasteiger partial charge is 0.574 e. The zero-order valence-electron chi connectivity index (χ0n) is 22.0. The number of rotatable bonds is 10. The van der Waals surface area contributed by atoms with Crippen molar-refractivity contribution >= 4 is 34.7 Å². The quantitative estimate of drug-likeness (QED) is 0.371. The van der Waals surface area contributed by atoms with Crippen LogP contribution in [0, 0.1) is 0 Å². The number of ketones is 1. The highest BCUT2D eigenvalue weighted by molar-refractivity contribution is 7.11. The highest BCUT2D eigenvalue weighted by Gasteiger charge is 2.32. The minimum Gasteiger partial charge on any atom is -0.388 e. The Kier molecular flexibility index (Phi) is 9.03. The molecule has 5 heterocycles. The van der Waals surface area contributed by atoms with Crippen LogP contribution in [0.1, 0.15) is 53.7 Å². The summed E-state index contributed by atoms with van der Waals surface area (Å²) in [6, 6.07) is 7.14. The summed E-state index contributed by atoms with van der Waals surface area (Å²) in [4.78, 5) is 30.6. The van der Waals surface area contributed by atoms with Gasteiger partial charge in [-0.3, -0.25) is 9.59 Å². The SMILES string of the molecule is O=C(Cc1nnc(C2CCN(c3ccc(NC(=O)Cc4cccc(OC(F)(F)F)n4)nn3)C2)s1)CC1CCCCO1. The summed E-state index contributed by atoms with van der Waals surface area (Å²) in [5.41, 5.74) is 0.111. The number of amides is 1. The lowest BCUT2D eigenvalue weighted by Gasteiger charge is -2.21. The normalized spacial score (nSPS) is 19.2. The third-order valence-corrected chi connectivity index (χ3v) is 7.77. The van der Waals surface area contributed by atoms with Gasteiger partial charge >= 0.3 is 6.36 Å². The Hall–Kier alpha value is -3.72. The minimum atomic E-state index is -4.87. The van der Waals surface area contributed by atoms with Gasteiger partial charge in [0.05, 0.1) is 24.6 Å². The van der Waals surface area contributed by atoms with Gasteiger partial charge in [0.25, 0.3) is 0 Å². The lowest BCUT2D eigenvalue weighted by atomic mass is 10.0. The van der Waals surface area contributed by atoms with E-state index < -0.39 is 18.1 Å². The molecule has 0 aromatic carbocycles. The molecular weight excluding hydrogens is 563 g/mol. The molecule has 3 aromatic rings. The first-order chi connectivity index (χ1) is 19.7. The van der Waals surface area contributed by atoms with E-state index in [2.05, 4.69) is 40.3 Å². The number of pyridine rings is 1. The number of halogens is 3. The van der Waals surface area contributed by atoms with Crippen LogP contribution in [-0.2, 0) is 27.2 Å². The van der Waals surface area contributed by atoms with Crippen LogP contribution in [0.4, 0.5) is 24.8 Å². The highest BCUT2D eigenvalue weighted by Crippen LogP contribution is 2.32. The van der Waals surface area contributed by atoms with Crippen molar-refractivity contribution < 1.29 is 32.2 Å². The van der Waals surface area contributed by atoms with Crippen molar-refractivity contribution in [2.45, 2.75) is 63.3 Å². The zero-order chi connectivity index (χ0) is 28.8. The predicted molar refractivity (Wildman–Crippen MR) is 142 cm³/mol. The molecule has 2 atom stereocenters. The maximum Gasteiger partial charge on any atom is 0.574 e. The van der Waals surface area contributed by atoms with Crippen LogP contribution in [0.25, 0.3) is 0 Å². The van der Waals surface area contributed by atoms with E-state index >= 15 is 0 Å². The number of nitrogens with zero attached hydrogens (tertiary/aromatic N) is 6. The minimum absolute atomic E-state index is 0.0173. The van der Waals surface area contributed by atoms with Crippen LogP contribution in [0.2, 0.25) is 0 Å². The summed E-state index contributed by atoms with van der Waals surface area (Å²) in [7, 11) is 0. The molecule has 0 spiro atoms. The van der Waals surface area contributed by atoms with Crippen molar-refractivity contribution in [3.63, 3.8) is 0 Å². The molecule has 2 aliphatic rings. The van der Waals surface area contributed by atoms with Crippen LogP contribution in [0.5, 0.6) is 5.88 Å². The lowest BCUT2D eigenvalue weighted by molar-refractivity contribution is -0.276. The molecule has 0 bridgehead atoms. The summed E-state index contributed by atoms with van der Waals surface area (Å²) in [5.74, 6) is -0.0365. The van der Waals surface area contributed by atoms with Gasteiger partial charge in [-0.15, -0.1) is 44.9 Å². The van der Waals surface area contributed by atoms with Gasteiger partial charge in [0.1, 0.15) is 15.8 Å². The van der Waals surface area contributed by atoms with Gasteiger partial charge in [-0.1, -0.05) is 6.07 Å². The zero-order valence-corrected chi connectivity index (χ0v) is 22.8. The number of ether oxygens (including phenoxy) is 2. The first-order valence-electron chi connectivity index (χ1n) is 13.3. The van der Waals surface area contributed by atoms with E-state index in [0.717, 1.165) is 49.9 Å². The van der Waals surface area contributed by atoms with Gasteiger partial charge in [-0.05, 0) is 43.9 Å². The average molecular weight is 592 g/mol. The van der Waals surface area contributed by atoms with Crippen LogP contribution in [-0.4, -0.2) is 69.2 Å². The van der Waals surface area contributed by atoms with Crippen molar-refractivity contribution in [2.24, 2.45) is 0 Å². The standard InChI is InChI=1S/C26H28F3N7O4S/c27-26(28,29)40-23-6-3-4-17(30-23)12-22(38)31-20-7-8-21(33-32-20)36-10-9-16(15-36)25-35-34-24(41-25)14-18(37)13-19-5-1-2-11-39-19/h3-4,6-8,16,19H,1-2,5,9-15H2,(H,31,32,38). The Bertz CT molecular complexity index is 1350. The first-order valence-corrected chi connectivity index (χ1v) is 14.1. The van der Waals surface area contributed by atoms with Gasteiger partial charge in [0, 0.05) is 38.1 Å². The average Bonchev–Trinajstić information content (AvgIpc) is 3.59. The molecule has 218 valence electrons. The molecule has 41 heavy (non-hydrogen) atoms. The number of Topliss-reactive ketones (excluding diaryl/α,β-unsaturated/α-hetero) is 1. The number of alkyl halides is 3. The second kappa shape index (κ2) is 12.9. The Morgan fingerprint density at radius 2 is 1.95 bits per heavy atom. The fraction of sp³-hybridized carbons (Fsp3) is 0.500. The van der Waals surface area contributed by atoms with Gasteiger partial charge < -0.3 is 19.7 Å².